The van der Waals surface area contributed by atoms with Gasteiger partial charge in [0.05, 0.1) is 0 Å². The zero-order chi connectivity index (χ0) is 15.1. The second-order valence-corrected chi connectivity index (χ2v) is 6.39. The number of nitrogens with zero attached hydrogens (tertiary/aromatic N) is 2. The lowest BCUT2D eigenvalue weighted by molar-refractivity contribution is 0.282. The van der Waals surface area contributed by atoms with E-state index in [1.54, 1.807) is 6.33 Å². The van der Waals surface area contributed by atoms with Crippen molar-refractivity contribution in [2.45, 2.75) is 58.8 Å². The van der Waals surface area contributed by atoms with E-state index in [9.17, 15) is 0 Å². The van der Waals surface area contributed by atoms with Crippen LogP contribution in [-0.4, -0.2) is 23.6 Å². The van der Waals surface area contributed by atoms with Crippen molar-refractivity contribution >= 4 is 11.6 Å². The Labute approximate surface area is 129 Å². The average Bonchev–Trinajstić information content (AvgIpc) is 2.51. The van der Waals surface area contributed by atoms with Crippen LogP contribution in [0.3, 0.4) is 0 Å². The molecule has 1 aromatic heterocycles. The van der Waals surface area contributed by atoms with Gasteiger partial charge in [0.2, 0.25) is 0 Å². The van der Waals surface area contributed by atoms with E-state index in [1.807, 2.05) is 7.05 Å². The molecule has 1 aliphatic carbocycles. The smallest absolute Gasteiger partial charge is 0.134 e. The van der Waals surface area contributed by atoms with Gasteiger partial charge >= 0.3 is 0 Å². The summed E-state index contributed by atoms with van der Waals surface area (Å²) in [6.07, 6.45) is 10.6. The molecular weight excluding hydrogens is 260 g/mol. The van der Waals surface area contributed by atoms with Gasteiger partial charge in [-0.1, -0.05) is 46.0 Å². The molecule has 0 unspecified atom stereocenters. The molecule has 0 spiro atoms. The Morgan fingerprint density at radius 3 is 2.52 bits per heavy atom. The Bertz CT molecular complexity index is 425. The topological polar surface area (TPSA) is 49.8 Å². The molecule has 4 heteroatoms. The number of hydrogen-bond donors (Lipinski definition) is 2. The molecule has 1 saturated carbocycles. The molecule has 0 atom stereocenters. The number of anilines is 2. The summed E-state index contributed by atoms with van der Waals surface area (Å²) < 4.78 is 0. The Balaban J connectivity index is 1.87. The van der Waals surface area contributed by atoms with Gasteiger partial charge in [0.1, 0.15) is 18.0 Å². The van der Waals surface area contributed by atoms with Gasteiger partial charge in [-0.2, -0.15) is 0 Å². The maximum absolute atomic E-state index is 4.44. The second kappa shape index (κ2) is 8.20. The summed E-state index contributed by atoms with van der Waals surface area (Å²) in [5, 5.41) is 6.71. The zero-order valence-electron chi connectivity index (χ0n) is 13.8. The molecule has 1 aliphatic rings. The van der Waals surface area contributed by atoms with Crippen molar-refractivity contribution in [3.8, 4) is 0 Å². The largest absolute Gasteiger partial charge is 0.373 e. The lowest BCUT2D eigenvalue weighted by atomic mass is 9.81. The summed E-state index contributed by atoms with van der Waals surface area (Å²) in [5.74, 6) is 3.81. The first kappa shape index (κ1) is 16.1. The van der Waals surface area contributed by atoms with Crippen LogP contribution >= 0.6 is 0 Å². The standard InChI is InChI=1S/C17H30N4/c1-4-5-15-16(18-3)20-12-21-17(15)19-11-10-14-8-6-13(2)7-9-14/h12-14H,4-11H2,1-3H3,(H2,18,19,20,21). The molecule has 21 heavy (non-hydrogen) atoms. The van der Waals surface area contributed by atoms with Gasteiger partial charge in [-0.15, -0.1) is 0 Å². The quantitative estimate of drug-likeness (QED) is 0.794. The third-order valence-corrected chi connectivity index (χ3v) is 4.66. The minimum atomic E-state index is 0.897. The second-order valence-electron chi connectivity index (χ2n) is 6.39. The van der Waals surface area contributed by atoms with Gasteiger partial charge in [-0.25, -0.2) is 9.97 Å². The Kier molecular flexibility index (Phi) is 6.27. The van der Waals surface area contributed by atoms with E-state index in [0.29, 0.717) is 0 Å². The average molecular weight is 290 g/mol. The number of rotatable bonds is 7. The summed E-state index contributed by atoms with van der Waals surface area (Å²) in [4.78, 5) is 8.76. The molecule has 0 aromatic carbocycles. The van der Waals surface area contributed by atoms with E-state index < -0.39 is 0 Å². The van der Waals surface area contributed by atoms with Crippen molar-refractivity contribution in [2.24, 2.45) is 11.8 Å². The van der Waals surface area contributed by atoms with Crippen molar-refractivity contribution in [1.82, 2.24) is 9.97 Å². The number of aromatic nitrogens is 2. The highest BCUT2D eigenvalue weighted by molar-refractivity contribution is 5.57. The minimum Gasteiger partial charge on any atom is -0.373 e. The van der Waals surface area contributed by atoms with Crippen molar-refractivity contribution in [2.75, 3.05) is 24.2 Å². The van der Waals surface area contributed by atoms with Gasteiger partial charge in [0.25, 0.3) is 0 Å². The van der Waals surface area contributed by atoms with Crippen molar-refractivity contribution in [3.63, 3.8) is 0 Å². The predicted octanol–water partition coefficient (Wildman–Crippen LogP) is 4.10. The van der Waals surface area contributed by atoms with Crippen LogP contribution in [0.1, 0.15) is 57.9 Å². The van der Waals surface area contributed by atoms with E-state index in [4.69, 9.17) is 0 Å². The molecule has 0 amide bonds. The van der Waals surface area contributed by atoms with Crippen LogP contribution in [0.5, 0.6) is 0 Å². The number of hydrogen-bond acceptors (Lipinski definition) is 4. The van der Waals surface area contributed by atoms with Gasteiger partial charge in [-0.3, -0.25) is 0 Å². The summed E-state index contributed by atoms with van der Waals surface area (Å²) in [6.45, 7) is 5.60. The highest BCUT2D eigenvalue weighted by Gasteiger charge is 2.18. The van der Waals surface area contributed by atoms with Gasteiger partial charge in [0, 0.05) is 19.2 Å². The maximum Gasteiger partial charge on any atom is 0.134 e. The van der Waals surface area contributed by atoms with E-state index in [2.05, 4.69) is 34.4 Å². The SMILES string of the molecule is CCCc1c(NC)ncnc1NCCC1CCC(C)CC1. The molecule has 118 valence electrons. The molecule has 0 aliphatic heterocycles. The molecule has 1 heterocycles. The molecule has 1 fully saturated rings. The van der Waals surface area contributed by atoms with Crippen LogP contribution in [0.4, 0.5) is 11.6 Å². The third kappa shape index (κ3) is 4.58. The van der Waals surface area contributed by atoms with Gasteiger partial charge in [-0.05, 0) is 24.7 Å². The van der Waals surface area contributed by atoms with E-state index in [-0.39, 0.29) is 0 Å². The highest BCUT2D eigenvalue weighted by atomic mass is 15.1. The van der Waals surface area contributed by atoms with Crippen molar-refractivity contribution in [3.05, 3.63) is 11.9 Å². The Morgan fingerprint density at radius 2 is 1.86 bits per heavy atom. The molecule has 0 radical (unpaired) electrons. The first-order valence-corrected chi connectivity index (χ1v) is 8.50. The molecule has 2 rings (SSSR count). The van der Waals surface area contributed by atoms with Crippen LogP contribution < -0.4 is 10.6 Å². The monoisotopic (exact) mass is 290 g/mol. The third-order valence-electron chi connectivity index (χ3n) is 4.66. The molecule has 1 aromatic rings. The fourth-order valence-corrected chi connectivity index (χ4v) is 3.28. The van der Waals surface area contributed by atoms with Crippen molar-refractivity contribution in [1.29, 1.82) is 0 Å². The fourth-order valence-electron chi connectivity index (χ4n) is 3.28. The van der Waals surface area contributed by atoms with Crippen LogP contribution in [0.15, 0.2) is 6.33 Å². The van der Waals surface area contributed by atoms with Crippen LogP contribution in [-0.2, 0) is 6.42 Å². The molecule has 0 bridgehead atoms. The number of nitrogens with one attached hydrogen (secondary N) is 2. The Morgan fingerprint density at radius 1 is 1.14 bits per heavy atom. The summed E-state index contributed by atoms with van der Waals surface area (Å²) in [7, 11) is 1.93. The summed E-state index contributed by atoms with van der Waals surface area (Å²) in [6, 6.07) is 0. The summed E-state index contributed by atoms with van der Waals surface area (Å²) >= 11 is 0. The highest BCUT2D eigenvalue weighted by Crippen LogP contribution is 2.30. The van der Waals surface area contributed by atoms with Gasteiger partial charge < -0.3 is 10.6 Å². The molecule has 4 nitrogen and oxygen atoms in total. The normalized spacial score (nSPS) is 22.0. The van der Waals surface area contributed by atoms with Crippen LogP contribution in [0.2, 0.25) is 0 Å². The van der Waals surface area contributed by atoms with E-state index >= 15 is 0 Å². The van der Waals surface area contributed by atoms with Crippen molar-refractivity contribution < 1.29 is 0 Å². The van der Waals surface area contributed by atoms with Crippen LogP contribution in [0.25, 0.3) is 0 Å². The fraction of sp³-hybridized carbons (Fsp3) is 0.765. The zero-order valence-corrected chi connectivity index (χ0v) is 13.8. The first-order chi connectivity index (χ1) is 10.2. The van der Waals surface area contributed by atoms with Gasteiger partial charge in [0.15, 0.2) is 0 Å². The lowest BCUT2D eigenvalue weighted by Crippen LogP contribution is -2.17. The summed E-state index contributed by atoms with van der Waals surface area (Å²) in [5.41, 5.74) is 1.22. The minimum absolute atomic E-state index is 0.897. The van der Waals surface area contributed by atoms with Crippen LogP contribution in [0, 0.1) is 11.8 Å². The van der Waals surface area contributed by atoms with E-state index in [0.717, 1.165) is 42.9 Å². The first-order valence-electron chi connectivity index (χ1n) is 8.50. The Hall–Kier alpha value is -1.32. The van der Waals surface area contributed by atoms with E-state index in [1.165, 1.54) is 37.7 Å². The predicted molar refractivity (Wildman–Crippen MR) is 89.8 cm³/mol. The molecule has 0 saturated heterocycles. The maximum atomic E-state index is 4.44. The molecular formula is C17H30N4. The lowest BCUT2D eigenvalue weighted by Gasteiger charge is -2.26. The molecule has 2 N–H and O–H groups in total.